The Morgan fingerprint density at radius 3 is 2.90 bits per heavy atom. The summed E-state index contributed by atoms with van der Waals surface area (Å²) in [5, 5.41) is 11.2. The van der Waals surface area contributed by atoms with Gasteiger partial charge >= 0.3 is 0 Å². The lowest BCUT2D eigenvalue weighted by Gasteiger charge is -2.20. The predicted octanol–water partition coefficient (Wildman–Crippen LogP) is 4.06. The third kappa shape index (κ3) is 2.54. The molecule has 1 heterocycles. The van der Waals surface area contributed by atoms with Crippen molar-refractivity contribution in [2.75, 3.05) is 6.61 Å². The van der Waals surface area contributed by atoms with E-state index in [0.29, 0.717) is 5.02 Å². The fourth-order valence-electron chi connectivity index (χ4n) is 2.64. The van der Waals surface area contributed by atoms with Crippen LogP contribution in [0.5, 0.6) is 5.75 Å². The third-order valence-electron chi connectivity index (χ3n) is 3.78. The van der Waals surface area contributed by atoms with E-state index in [2.05, 4.69) is 0 Å². The summed E-state index contributed by atoms with van der Waals surface area (Å²) >= 11 is 6.03. The van der Waals surface area contributed by atoms with Crippen LogP contribution in [0.3, 0.4) is 0 Å². The lowest BCUT2D eigenvalue weighted by molar-refractivity contribution is 0.219. The van der Waals surface area contributed by atoms with Crippen LogP contribution < -0.4 is 4.74 Å². The minimum absolute atomic E-state index is 0.644. The third-order valence-corrected chi connectivity index (χ3v) is 4.02. The van der Waals surface area contributed by atoms with E-state index < -0.39 is 6.10 Å². The number of hydrogen-bond donors (Lipinski definition) is 1. The molecule has 1 atom stereocenters. The van der Waals surface area contributed by atoms with Gasteiger partial charge in [0.15, 0.2) is 0 Å². The molecule has 1 unspecified atom stereocenters. The van der Waals surface area contributed by atoms with Crippen LogP contribution >= 0.6 is 11.6 Å². The highest BCUT2D eigenvalue weighted by molar-refractivity contribution is 6.30. The van der Waals surface area contributed by atoms with Gasteiger partial charge in [0.05, 0.1) is 6.61 Å². The summed E-state index contributed by atoms with van der Waals surface area (Å²) in [6.07, 6.45) is 1.38. The van der Waals surface area contributed by atoms with E-state index in [1.165, 1.54) is 5.56 Å². The minimum atomic E-state index is -0.652. The van der Waals surface area contributed by atoms with Crippen LogP contribution in [-0.2, 0) is 6.42 Å². The van der Waals surface area contributed by atoms with Gasteiger partial charge in [0.2, 0.25) is 0 Å². The quantitative estimate of drug-likeness (QED) is 0.903. The second-order valence-electron chi connectivity index (χ2n) is 5.22. The van der Waals surface area contributed by atoms with E-state index in [1.807, 2.05) is 43.3 Å². The number of aliphatic hydroxyl groups is 1. The number of ether oxygens (including phenoxy) is 1. The van der Waals surface area contributed by atoms with Crippen LogP contribution in [0.4, 0.5) is 0 Å². The number of fused-ring (bicyclic) bond motifs is 1. The SMILES string of the molecule is Cc1ccc(Cl)cc1C(O)c1ccc2c(c1)CCCO2. The molecule has 2 aromatic rings. The van der Waals surface area contributed by atoms with Gasteiger partial charge in [-0.15, -0.1) is 0 Å². The van der Waals surface area contributed by atoms with Crippen molar-refractivity contribution < 1.29 is 9.84 Å². The Kier molecular flexibility index (Phi) is 3.68. The average Bonchev–Trinajstić information content (AvgIpc) is 2.48. The van der Waals surface area contributed by atoms with E-state index >= 15 is 0 Å². The second-order valence-corrected chi connectivity index (χ2v) is 5.66. The molecule has 0 aliphatic carbocycles. The first kappa shape index (κ1) is 13.5. The van der Waals surface area contributed by atoms with Gasteiger partial charge in [-0.1, -0.05) is 23.7 Å². The molecule has 2 aromatic carbocycles. The van der Waals surface area contributed by atoms with Crippen molar-refractivity contribution >= 4 is 11.6 Å². The summed E-state index contributed by atoms with van der Waals surface area (Å²) in [7, 11) is 0. The molecule has 0 spiro atoms. The average molecular weight is 289 g/mol. The molecule has 0 amide bonds. The van der Waals surface area contributed by atoms with Crippen molar-refractivity contribution in [2.45, 2.75) is 25.9 Å². The molecule has 0 radical (unpaired) electrons. The van der Waals surface area contributed by atoms with E-state index in [9.17, 15) is 5.11 Å². The maximum atomic E-state index is 10.6. The Morgan fingerprint density at radius 1 is 1.20 bits per heavy atom. The molecule has 0 fully saturated rings. The van der Waals surface area contributed by atoms with E-state index in [-0.39, 0.29) is 0 Å². The Hall–Kier alpha value is -1.51. The predicted molar refractivity (Wildman–Crippen MR) is 80.5 cm³/mol. The second kappa shape index (κ2) is 5.47. The van der Waals surface area contributed by atoms with Crippen molar-refractivity contribution in [3.05, 3.63) is 63.7 Å². The summed E-state index contributed by atoms with van der Waals surface area (Å²) in [5.41, 5.74) is 3.96. The topological polar surface area (TPSA) is 29.5 Å². The first-order valence-corrected chi connectivity index (χ1v) is 7.22. The van der Waals surface area contributed by atoms with Crippen LogP contribution in [0.25, 0.3) is 0 Å². The molecular weight excluding hydrogens is 272 g/mol. The maximum absolute atomic E-state index is 10.6. The standard InChI is InChI=1S/C17H17ClO2/c1-11-4-6-14(18)10-15(11)17(19)13-5-7-16-12(9-13)3-2-8-20-16/h4-7,9-10,17,19H,2-3,8H2,1H3. The molecule has 0 aromatic heterocycles. The zero-order valence-electron chi connectivity index (χ0n) is 11.4. The van der Waals surface area contributed by atoms with Gasteiger partial charge < -0.3 is 9.84 Å². The molecule has 3 rings (SSSR count). The fourth-order valence-corrected chi connectivity index (χ4v) is 2.82. The van der Waals surface area contributed by atoms with E-state index in [1.54, 1.807) is 0 Å². The first-order chi connectivity index (χ1) is 9.65. The first-order valence-electron chi connectivity index (χ1n) is 6.85. The summed E-state index contributed by atoms with van der Waals surface area (Å²) in [6, 6.07) is 11.5. The number of aliphatic hydroxyl groups excluding tert-OH is 1. The molecule has 0 saturated carbocycles. The molecule has 1 N–H and O–H groups in total. The highest BCUT2D eigenvalue weighted by Gasteiger charge is 2.17. The van der Waals surface area contributed by atoms with Crippen molar-refractivity contribution in [1.29, 1.82) is 0 Å². The molecular formula is C17H17ClO2. The monoisotopic (exact) mass is 288 g/mol. The van der Waals surface area contributed by atoms with Crippen molar-refractivity contribution in [3.8, 4) is 5.75 Å². The summed E-state index contributed by atoms with van der Waals surface area (Å²) in [6.45, 7) is 2.76. The number of halogens is 1. The highest BCUT2D eigenvalue weighted by Crippen LogP contribution is 2.32. The van der Waals surface area contributed by atoms with Gasteiger partial charge in [0, 0.05) is 5.02 Å². The summed E-state index contributed by atoms with van der Waals surface area (Å²) in [5.74, 6) is 0.940. The Morgan fingerprint density at radius 2 is 2.05 bits per heavy atom. The number of benzene rings is 2. The smallest absolute Gasteiger partial charge is 0.122 e. The molecule has 2 nitrogen and oxygen atoms in total. The number of aryl methyl sites for hydroxylation is 2. The normalized spacial score (nSPS) is 15.3. The Labute approximate surface area is 124 Å². The van der Waals surface area contributed by atoms with Crippen LogP contribution in [0.1, 0.15) is 34.8 Å². The summed E-state index contributed by atoms with van der Waals surface area (Å²) < 4.78 is 5.60. The van der Waals surface area contributed by atoms with Crippen molar-refractivity contribution in [2.24, 2.45) is 0 Å². The largest absolute Gasteiger partial charge is 0.493 e. The van der Waals surface area contributed by atoms with Crippen LogP contribution in [0, 0.1) is 6.92 Å². The van der Waals surface area contributed by atoms with Gasteiger partial charge in [0.25, 0.3) is 0 Å². The van der Waals surface area contributed by atoms with Gasteiger partial charge in [-0.3, -0.25) is 0 Å². The molecule has 1 aliphatic rings. The fraction of sp³-hybridized carbons (Fsp3) is 0.294. The zero-order chi connectivity index (χ0) is 14.1. The van der Waals surface area contributed by atoms with Crippen molar-refractivity contribution in [1.82, 2.24) is 0 Å². The molecule has 3 heteroatoms. The lowest BCUT2D eigenvalue weighted by atomic mass is 9.94. The van der Waals surface area contributed by atoms with Gasteiger partial charge in [0.1, 0.15) is 11.9 Å². The van der Waals surface area contributed by atoms with Gasteiger partial charge in [-0.25, -0.2) is 0 Å². The Bertz CT molecular complexity index is 637. The molecule has 0 saturated heterocycles. The van der Waals surface area contributed by atoms with Crippen LogP contribution in [0.2, 0.25) is 5.02 Å². The molecule has 20 heavy (non-hydrogen) atoms. The Balaban J connectivity index is 1.97. The van der Waals surface area contributed by atoms with E-state index in [4.69, 9.17) is 16.3 Å². The van der Waals surface area contributed by atoms with Crippen LogP contribution in [-0.4, -0.2) is 11.7 Å². The highest BCUT2D eigenvalue weighted by atomic mass is 35.5. The lowest BCUT2D eigenvalue weighted by Crippen LogP contribution is -2.10. The number of rotatable bonds is 2. The molecule has 1 aliphatic heterocycles. The molecule has 104 valence electrons. The zero-order valence-corrected chi connectivity index (χ0v) is 12.2. The molecule has 0 bridgehead atoms. The minimum Gasteiger partial charge on any atom is -0.493 e. The maximum Gasteiger partial charge on any atom is 0.122 e. The summed E-state index contributed by atoms with van der Waals surface area (Å²) in [4.78, 5) is 0. The van der Waals surface area contributed by atoms with Gasteiger partial charge in [-0.2, -0.15) is 0 Å². The van der Waals surface area contributed by atoms with Crippen molar-refractivity contribution in [3.63, 3.8) is 0 Å². The van der Waals surface area contributed by atoms with Crippen LogP contribution in [0.15, 0.2) is 36.4 Å². The van der Waals surface area contributed by atoms with Gasteiger partial charge in [-0.05, 0) is 66.3 Å². The van der Waals surface area contributed by atoms with E-state index in [0.717, 1.165) is 41.9 Å². The number of hydrogen-bond acceptors (Lipinski definition) is 2.